The highest BCUT2D eigenvalue weighted by molar-refractivity contribution is 5.79. The average Bonchev–Trinajstić information content (AvgIpc) is 2.66. The number of benzene rings is 1. The zero-order valence-corrected chi connectivity index (χ0v) is 18.4. The van der Waals surface area contributed by atoms with Crippen LogP contribution in [0.2, 0.25) is 0 Å². The Kier molecular flexibility index (Phi) is 8.08. The fourth-order valence-corrected chi connectivity index (χ4v) is 3.47. The first kappa shape index (κ1) is 23.5. The predicted octanol–water partition coefficient (Wildman–Crippen LogP) is 3.06. The van der Waals surface area contributed by atoms with E-state index in [0.29, 0.717) is 19.3 Å². The SMILES string of the molecule is CN(C)C(=O)[C@H]1CC[C@@H](NC(=O)OC(C)(C)C)[C@H](NC(=O)OCc2ccccc2)C1. The largest absolute Gasteiger partial charge is 0.445 e. The fraction of sp³-hybridized carbons (Fsp3) is 0.591. The summed E-state index contributed by atoms with van der Waals surface area (Å²) in [5, 5.41) is 5.67. The number of hydrogen-bond acceptors (Lipinski definition) is 5. The lowest BCUT2D eigenvalue weighted by molar-refractivity contribution is -0.134. The lowest BCUT2D eigenvalue weighted by Gasteiger charge is -2.37. The summed E-state index contributed by atoms with van der Waals surface area (Å²) in [5.74, 6) is -0.216. The number of amides is 3. The van der Waals surface area contributed by atoms with Crippen molar-refractivity contribution in [1.82, 2.24) is 15.5 Å². The Morgan fingerprint density at radius 1 is 1.00 bits per heavy atom. The molecule has 0 saturated heterocycles. The minimum atomic E-state index is -0.625. The van der Waals surface area contributed by atoms with Gasteiger partial charge in [-0.2, -0.15) is 0 Å². The minimum Gasteiger partial charge on any atom is -0.445 e. The first-order valence-electron chi connectivity index (χ1n) is 10.2. The van der Waals surface area contributed by atoms with E-state index in [2.05, 4.69) is 10.6 Å². The van der Waals surface area contributed by atoms with Gasteiger partial charge in [0.05, 0.1) is 12.1 Å². The summed E-state index contributed by atoms with van der Waals surface area (Å²) in [6, 6.07) is 8.57. The summed E-state index contributed by atoms with van der Waals surface area (Å²) in [6.45, 7) is 5.51. The van der Waals surface area contributed by atoms with Gasteiger partial charge in [-0.15, -0.1) is 0 Å². The van der Waals surface area contributed by atoms with Crippen molar-refractivity contribution in [3.05, 3.63) is 35.9 Å². The molecule has 0 bridgehead atoms. The van der Waals surface area contributed by atoms with Crippen LogP contribution in [0.3, 0.4) is 0 Å². The van der Waals surface area contributed by atoms with Gasteiger partial charge in [0.2, 0.25) is 5.91 Å². The summed E-state index contributed by atoms with van der Waals surface area (Å²) >= 11 is 0. The predicted molar refractivity (Wildman–Crippen MR) is 113 cm³/mol. The smallest absolute Gasteiger partial charge is 0.407 e. The zero-order valence-electron chi connectivity index (χ0n) is 18.4. The maximum Gasteiger partial charge on any atom is 0.407 e. The lowest BCUT2D eigenvalue weighted by atomic mass is 9.81. The molecule has 8 nitrogen and oxygen atoms in total. The van der Waals surface area contributed by atoms with Gasteiger partial charge in [0.1, 0.15) is 12.2 Å². The molecular weight excluding hydrogens is 386 g/mol. The monoisotopic (exact) mass is 419 g/mol. The summed E-state index contributed by atoms with van der Waals surface area (Å²) in [6.07, 6.45) is 0.451. The molecule has 1 aromatic carbocycles. The minimum absolute atomic E-state index is 0.00942. The molecular formula is C22H33N3O5. The van der Waals surface area contributed by atoms with E-state index in [1.54, 1.807) is 39.8 Å². The van der Waals surface area contributed by atoms with Crippen LogP contribution in [0, 0.1) is 5.92 Å². The van der Waals surface area contributed by atoms with E-state index in [4.69, 9.17) is 9.47 Å². The Hall–Kier alpha value is -2.77. The molecule has 1 saturated carbocycles. The number of carbonyl (C=O) groups is 3. The van der Waals surface area contributed by atoms with Crippen LogP contribution >= 0.6 is 0 Å². The highest BCUT2D eigenvalue weighted by atomic mass is 16.6. The third-order valence-electron chi connectivity index (χ3n) is 4.86. The van der Waals surface area contributed by atoms with Crippen LogP contribution in [0.4, 0.5) is 9.59 Å². The second-order valence-electron chi connectivity index (χ2n) is 8.81. The van der Waals surface area contributed by atoms with Crippen molar-refractivity contribution < 1.29 is 23.9 Å². The Labute approximate surface area is 178 Å². The van der Waals surface area contributed by atoms with Crippen LogP contribution in [-0.4, -0.2) is 54.8 Å². The molecule has 1 aliphatic rings. The lowest BCUT2D eigenvalue weighted by Crippen LogP contribution is -2.56. The van der Waals surface area contributed by atoms with Crippen molar-refractivity contribution in [2.45, 2.75) is 64.3 Å². The summed E-state index contributed by atoms with van der Waals surface area (Å²) in [5.41, 5.74) is 0.250. The van der Waals surface area contributed by atoms with Gasteiger partial charge in [0, 0.05) is 20.0 Å². The van der Waals surface area contributed by atoms with E-state index in [0.717, 1.165) is 5.56 Å². The van der Waals surface area contributed by atoms with Crippen LogP contribution in [0.25, 0.3) is 0 Å². The third-order valence-corrected chi connectivity index (χ3v) is 4.86. The molecule has 0 heterocycles. The molecule has 2 rings (SSSR count). The Morgan fingerprint density at radius 3 is 2.23 bits per heavy atom. The van der Waals surface area contributed by atoms with Gasteiger partial charge in [-0.25, -0.2) is 9.59 Å². The first-order chi connectivity index (χ1) is 14.0. The van der Waals surface area contributed by atoms with E-state index in [-0.39, 0.29) is 24.5 Å². The van der Waals surface area contributed by atoms with E-state index < -0.39 is 23.8 Å². The second kappa shape index (κ2) is 10.3. The van der Waals surface area contributed by atoms with Crippen molar-refractivity contribution in [3.8, 4) is 0 Å². The van der Waals surface area contributed by atoms with Crippen molar-refractivity contribution in [2.75, 3.05) is 14.1 Å². The molecule has 0 aliphatic heterocycles. The highest BCUT2D eigenvalue weighted by Crippen LogP contribution is 2.27. The molecule has 1 aromatic rings. The first-order valence-corrected chi connectivity index (χ1v) is 10.2. The molecule has 3 atom stereocenters. The second-order valence-corrected chi connectivity index (χ2v) is 8.81. The van der Waals surface area contributed by atoms with Crippen molar-refractivity contribution in [1.29, 1.82) is 0 Å². The molecule has 0 radical (unpaired) electrons. The number of carbonyl (C=O) groups excluding carboxylic acids is 3. The standard InChI is InChI=1S/C22H33N3O5/c1-22(2,3)30-21(28)23-17-12-11-16(19(26)25(4)5)13-18(17)24-20(27)29-14-15-9-7-6-8-10-15/h6-10,16-18H,11-14H2,1-5H3,(H,23,28)(H,24,27)/t16-,17+,18+/m0/s1. The van der Waals surface area contributed by atoms with Crippen molar-refractivity contribution in [2.24, 2.45) is 5.92 Å². The van der Waals surface area contributed by atoms with Gasteiger partial charge < -0.3 is 25.0 Å². The summed E-state index contributed by atoms with van der Waals surface area (Å²) in [4.78, 5) is 38.6. The Balaban J connectivity index is 2.01. The molecule has 0 spiro atoms. The summed E-state index contributed by atoms with van der Waals surface area (Å²) < 4.78 is 10.7. The number of ether oxygens (including phenoxy) is 2. The van der Waals surface area contributed by atoms with E-state index in [9.17, 15) is 14.4 Å². The number of rotatable bonds is 5. The van der Waals surface area contributed by atoms with E-state index in [1.165, 1.54) is 0 Å². The van der Waals surface area contributed by atoms with Gasteiger partial charge in [-0.1, -0.05) is 30.3 Å². The van der Waals surface area contributed by atoms with Crippen LogP contribution in [-0.2, 0) is 20.9 Å². The molecule has 1 fully saturated rings. The normalized spacial score (nSPS) is 21.3. The van der Waals surface area contributed by atoms with Crippen LogP contribution in [0.1, 0.15) is 45.6 Å². The number of hydrogen-bond donors (Lipinski definition) is 2. The van der Waals surface area contributed by atoms with E-state index in [1.807, 2.05) is 30.3 Å². The maximum atomic E-state index is 12.4. The molecule has 3 amide bonds. The number of alkyl carbamates (subject to hydrolysis) is 2. The Morgan fingerprint density at radius 2 is 1.63 bits per heavy atom. The maximum absolute atomic E-state index is 12.4. The zero-order chi connectivity index (χ0) is 22.3. The fourth-order valence-electron chi connectivity index (χ4n) is 3.47. The average molecular weight is 420 g/mol. The van der Waals surface area contributed by atoms with Crippen molar-refractivity contribution in [3.63, 3.8) is 0 Å². The van der Waals surface area contributed by atoms with Crippen molar-refractivity contribution >= 4 is 18.1 Å². The van der Waals surface area contributed by atoms with Gasteiger partial charge in [0.25, 0.3) is 0 Å². The Bertz CT molecular complexity index is 730. The molecule has 0 aromatic heterocycles. The van der Waals surface area contributed by atoms with Crippen LogP contribution in [0.5, 0.6) is 0 Å². The topological polar surface area (TPSA) is 97.0 Å². The molecule has 166 valence electrons. The van der Waals surface area contributed by atoms with Gasteiger partial charge >= 0.3 is 12.2 Å². The van der Waals surface area contributed by atoms with Crippen LogP contribution < -0.4 is 10.6 Å². The molecule has 0 unspecified atom stereocenters. The van der Waals surface area contributed by atoms with E-state index >= 15 is 0 Å². The van der Waals surface area contributed by atoms with Gasteiger partial charge in [0.15, 0.2) is 0 Å². The molecule has 1 aliphatic carbocycles. The van der Waals surface area contributed by atoms with Gasteiger partial charge in [-0.3, -0.25) is 4.79 Å². The third kappa shape index (κ3) is 7.57. The highest BCUT2D eigenvalue weighted by Gasteiger charge is 2.37. The quantitative estimate of drug-likeness (QED) is 0.765. The number of nitrogens with one attached hydrogen (secondary N) is 2. The van der Waals surface area contributed by atoms with Gasteiger partial charge in [-0.05, 0) is 45.6 Å². The molecule has 2 N–H and O–H groups in total. The number of nitrogens with zero attached hydrogens (tertiary/aromatic N) is 1. The molecule has 8 heteroatoms. The summed E-state index contributed by atoms with van der Waals surface area (Å²) in [7, 11) is 3.42. The molecule has 30 heavy (non-hydrogen) atoms. The van der Waals surface area contributed by atoms with Crippen LogP contribution in [0.15, 0.2) is 30.3 Å².